The molecule has 0 N–H and O–H groups in total. The summed E-state index contributed by atoms with van der Waals surface area (Å²) in [4.78, 5) is 14.7. The van der Waals surface area contributed by atoms with Crippen molar-refractivity contribution in [1.82, 2.24) is 4.90 Å². The summed E-state index contributed by atoms with van der Waals surface area (Å²) in [7, 11) is 0. The van der Waals surface area contributed by atoms with E-state index in [4.69, 9.17) is 4.74 Å². The largest absolute Gasteiger partial charge is 0.363 e. The summed E-state index contributed by atoms with van der Waals surface area (Å²) in [6.07, 6.45) is 1.06. The van der Waals surface area contributed by atoms with E-state index in [1.807, 2.05) is 32.0 Å². The van der Waals surface area contributed by atoms with Crippen molar-refractivity contribution in [3.63, 3.8) is 0 Å². The van der Waals surface area contributed by atoms with Crippen molar-refractivity contribution in [2.45, 2.75) is 44.9 Å². The molecule has 2 aliphatic rings. The standard InChI is InChI=1S/C16H21NO2/c1-12-9-16(12)11-19-15(2,3)14(18)17(16)10-13-7-5-4-6-8-13/h4-8,12H,9-11H2,1-3H3. The van der Waals surface area contributed by atoms with Crippen molar-refractivity contribution in [3.05, 3.63) is 35.9 Å². The van der Waals surface area contributed by atoms with Crippen LogP contribution in [0.25, 0.3) is 0 Å². The Kier molecular flexibility index (Phi) is 2.72. The number of carbonyl (C=O) groups excluding carboxylic acids is 1. The molecule has 1 aliphatic heterocycles. The monoisotopic (exact) mass is 259 g/mol. The molecule has 1 aromatic carbocycles. The van der Waals surface area contributed by atoms with Crippen LogP contribution >= 0.6 is 0 Å². The van der Waals surface area contributed by atoms with Crippen LogP contribution in [0.15, 0.2) is 30.3 Å². The van der Waals surface area contributed by atoms with Gasteiger partial charge in [0.05, 0.1) is 12.1 Å². The summed E-state index contributed by atoms with van der Waals surface area (Å²) in [6.45, 7) is 7.30. The Morgan fingerprint density at radius 2 is 1.95 bits per heavy atom. The van der Waals surface area contributed by atoms with Crippen LogP contribution in [0.2, 0.25) is 0 Å². The molecule has 19 heavy (non-hydrogen) atoms. The van der Waals surface area contributed by atoms with Crippen molar-refractivity contribution in [3.8, 4) is 0 Å². The molecular weight excluding hydrogens is 238 g/mol. The summed E-state index contributed by atoms with van der Waals surface area (Å²) in [5.41, 5.74) is 0.442. The summed E-state index contributed by atoms with van der Waals surface area (Å²) in [5.74, 6) is 0.656. The van der Waals surface area contributed by atoms with E-state index < -0.39 is 5.60 Å². The molecule has 1 spiro atoms. The SMILES string of the molecule is CC1CC12COC(C)(C)C(=O)N2Cc1ccccc1. The van der Waals surface area contributed by atoms with E-state index in [2.05, 4.69) is 24.0 Å². The van der Waals surface area contributed by atoms with Crippen LogP contribution < -0.4 is 0 Å². The Morgan fingerprint density at radius 3 is 2.53 bits per heavy atom. The fourth-order valence-corrected chi connectivity index (χ4v) is 3.02. The Hall–Kier alpha value is -1.35. The highest BCUT2D eigenvalue weighted by Gasteiger charge is 2.62. The van der Waals surface area contributed by atoms with Gasteiger partial charge in [0.15, 0.2) is 0 Å². The third-order valence-electron chi connectivity index (χ3n) is 4.58. The lowest BCUT2D eigenvalue weighted by atomic mass is 9.99. The average molecular weight is 259 g/mol. The third-order valence-corrected chi connectivity index (χ3v) is 4.58. The molecule has 1 aromatic rings. The van der Waals surface area contributed by atoms with Crippen LogP contribution in [0.5, 0.6) is 0 Å². The van der Waals surface area contributed by atoms with E-state index in [-0.39, 0.29) is 11.4 Å². The molecule has 0 radical (unpaired) electrons. The molecule has 3 rings (SSSR count). The van der Waals surface area contributed by atoms with E-state index in [1.165, 1.54) is 5.56 Å². The summed E-state index contributed by atoms with van der Waals surface area (Å²) in [6, 6.07) is 10.2. The van der Waals surface area contributed by atoms with Crippen LogP contribution in [-0.2, 0) is 16.1 Å². The normalized spacial score (nSPS) is 32.7. The minimum atomic E-state index is -0.692. The van der Waals surface area contributed by atoms with Crippen molar-refractivity contribution in [2.24, 2.45) is 5.92 Å². The quantitative estimate of drug-likeness (QED) is 0.817. The Labute approximate surface area is 114 Å². The highest BCUT2D eigenvalue weighted by atomic mass is 16.5. The maximum absolute atomic E-state index is 12.7. The number of carbonyl (C=O) groups is 1. The molecule has 2 fully saturated rings. The number of rotatable bonds is 2. The predicted octanol–water partition coefficient (Wildman–Crippen LogP) is 2.60. The summed E-state index contributed by atoms with van der Waals surface area (Å²) >= 11 is 0. The number of morpholine rings is 1. The van der Waals surface area contributed by atoms with Gasteiger partial charge >= 0.3 is 0 Å². The zero-order valence-corrected chi connectivity index (χ0v) is 11.8. The van der Waals surface area contributed by atoms with Gasteiger partial charge in [0.1, 0.15) is 5.60 Å². The fourth-order valence-electron chi connectivity index (χ4n) is 3.02. The van der Waals surface area contributed by atoms with E-state index >= 15 is 0 Å². The minimum absolute atomic E-state index is 0.0531. The number of ether oxygens (including phenoxy) is 1. The zero-order valence-electron chi connectivity index (χ0n) is 11.8. The Bertz CT molecular complexity index is 497. The Morgan fingerprint density at radius 1 is 1.32 bits per heavy atom. The van der Waals surface area contributed by atoms with E-state index in [1.54, 1.807) is 0 Å². The molecule has 102 valence electrons. The first-order chi connectivity index (χ1) is 8.96. The Balaban J connectivity index is 1.88. The van der Waals surface area contributed by atoms with Crippen molar-refractivity contribution < 1.29 is 9.53 Å². The zero-order chi connectivity index (χ0) is 13.7. The number of benzene rings is 1. The number of hydrogen-bond acceptors (Lipinski definition) is 2. The second-order valence-electron chi connectivity index (χ2n) is 6.38. The number of amides is 1. The first kappa shape index (κ1) is 12.7. The van der Waals surface area contributed by atoms with Gasteiger partial charge in [-0.15, -0.1) is 0 Å². The van der Waals surface area contributed by atoms with Gasteiger partial charge in [0.2, 0.25) is 0 Å². The smallest absolute Gasteiger partial charge is 0.255 e. The lowest BCUT2D eigenvalue weighted by Gasteiger charge is -2.44. The predicted molar refractivity (Wildman–Crippen MR) is 73.5 cm³/mol. The molecule has 1 saturated carbocycles. The van der Waals surface area contributed by atoms with Gasteiger partial charge in [0, 0.05) is 6.54 Å². The fraction of sp³-hybridized carbons (Fsp3) is 0.562. The van der Waals surface area contributed by atoms with Crippen LogP contribution in [0, 0.1) is 5.92 Å². The highest BCUT2D eigenvalue weighted by Crippen LogP contribution is 2.52. The maximum atomic E-state index is 12.7. The molecule has 0 aromatic heterocycles. The molecule has 1 heterocycles. The van der Waals surface area contributed by atoms with E-state index in [0.717, 1.165) is 6.42 Å². The van der Waals surface area contributed by atoms with E-state index in [0.29, 0.717) is 19.1 Å². The third kappa shape index (κ3) is 1.96. The van der Waals surface area contributed by atoms with Crippen LogP contribution in [0.1, 0.15) is 32.8 Å². The van der Waals surface area contributed by atoms with Gasteiger partial charge in [-0.3, -0.25) is 4.79 Å². The van der Waals surface area contributed by atoms with Crippen molar-refractivity contribution in [1.29, 1.82) is 0 Å². The molecule has 3 heteroatoms. The lowest BCUT2D eigenvalue weighted by Crippen LogP contribution is -2.60. The molecule has 3 nitrogen and oxygen atoms in total. The number of hydrogen-bond donors (Lipinski definition) is 0. The average Bonchev–Trinajstić information content (AvgIpc) is 3.04. The molecule has 2 unspecified atom stereocenters. The molecule has 1 aliphatic carbocycles. The van der Waals surface area contributed by atoms with Gasteiger partial charge < -0.3 is 9.64 Å². The van der Waals surface area contributed by atoms with Gasteiger partial charge in [-0.05, 0) is 31.7 Å². The first-order valence-corrected chi connectivity index (χ1v) is 6.96. The van der Waals surface area contributed by atoms with Crippen molar-refractivity contribution in [2.75, 3.05) is 6.61 Å². The van der Waals surface area contributed by atoms with Crippen LogP contribution in [-0.4, -0.2) is 28.6 Å². The van der Waals surface area contributed by atoms with Crippen LogP contribution in [0.4, 0.5) is 0 Å². The molecule has 1 saturated heterocycles. The summed E-state index contributed by atoms with van der Waals surface area (Å²) in [5, 5.41) is 0. The van der Waals surface area contributed by atoms with Gasteiger partial charge in [0.25, 0.3) is 5.91 Å². The summed E-state index contributed by atoms with van der Waals surface area (Å²) < 4.78 is 5.80. The van der Waals surface area contributed by atoms with Gasteiger partial charge in [-0.25, -0.2) is 0 Å². The topological polar surface area (TPSA) is 29.5 Å². The highest BCUT2D eigenvalue weighted by molar-refractivity contribution is 5.86. The molecular formula is C16H21NO2. The lowest BCUT2D eigenvalue weighted by molar-refractivity contribution is -0.179. The molecule has 1 amide bonds. The minimum Gasteiger partial charge on any atom is -0.363 e. The number of nitrogens with zero attached hydrogens (tertiary/aromatic N) is 1. The van der Waals surface area contributed by atoms with Gasteiger partial charge in [-0.1, -0.05) is 37.3 Å². The van der Waals surface area contributed by atoms with Gasteiger partial charge in [-0.2, -0.15) is 0 Å². The van der Waals surface area contributed by atoms with E-state index in [9.17, 15) is 4.79 Å². The second-order valence-corrected chi connectivity index (χ2v) is 6.38. The first-order valence-electron chi connectivity index (χ1n) is 6.96. The maximum Gasteiger partial charge on any atom is 0.255 e. The van der Waals surface area contributed by atoms with Crippen LogP contribution in [0.3, 0.4) is 0 Å². The van der Waals surface area contributed by atoms with Crippen molar-refractivity contribution >= 4 is 5.91 Å². The molecule has 0 bridgehead atoms. The molecule has 2 atom stereocenters. The second kappa shape index (κ2) is 4.07.